The second kappa shape index (κ2) is 45.5. The zero-order valence-corrected chi connectivity index (χ0v) is 47.9. The average Bonchev–Trinajstić information content (AvgIpc) is 3.39. The maximum Gasteiger partial charge on any atom is 0.328 e. The van der Waals surface area contributed by atoms with Crippen LogP contribution >= 0.6 is 0 Å². The van der Waals surface area contributed by atoms with Crippen LogP contribution < -0.4 is 5.32 Å². The van der Waals surface area contributed by atoms with Gasteiger partial charge in [-0.05, 0) is 25.3 Å². The van der Waals surface area contributed by atoms with Gasteiger partial charge in [0.05, 0.1) is 16.9 Å². The van der Waals surface area contributed by atoms with Crippen molar-refractivity contribution >= 4 is 17.4 Å². The van der Waals surface area contributed by atoms with Crippen molar-refractivity contribution in [2.75, 3.05) is 6.61 Å². The third-order valence-corrected chi connectivity index (χ3v) is 17.0. The Morgan fingerprint density at radius 2 is 0.712 bits per heavy atom. The van der Waals surface area contributed by atoms with Gasteiger partial charge in [-0.15, -0.1) is 0 Å². The lowest BCUT2D eigenvalue weighted by atomic mass is 9.64. The monoisotopic (exact) mass is 1020 g/mol. The average molecular weight is 1020 g/mol. The summed E-state index contributed by atoms with van der Waals surface area (Å²) in [7, 11) is 0. The smallest absolute Gasteiger partial charge is 0.328 e. The van der Waals surface area contributed by atoms with Crippen LogP contribution in [0.2, 0.25) is 0 Å². The largest absolute Gasteiger partial charge is 0.464 e. The number of nitrogens with zero attached hydrogens (tertiary/aromatic N) is 1. The molecule has 0 radical (unpaired) electrons. The van der Waals surface area contributed by atoms with Gasteiger partial charge in [-0.25, -0.2) is 4.79 Å². The Labute approximate surface area is 450 Å². The van der Waals surface area contributed by atoms with Gasteiger partial charge in [-0.2, -0.15) is 0 Å². The number of nitrogens with one attached hydrogen (secondary N) is 1. The Kier molecular flexibility index (Phi) is 40.2. The van der Waals surface area contributed by atoms with Crippen LogP contribution in [-0.4, -0.2) is 29.3 Å². The number of rotatable bonds is 7. The number of nitro benzene ring substituents is 1. The summed E-state index contributed by atoms with van der Waals surface area (Å²) in [5.41, 5.74) is 1.15. The maximum absolute atomic E-state index is 13.7. The molecule has 0 heterocycles. The summed E-state index contributed by atoms with van der Waals surface area (Å²) < 4.78 is 5.51. The molecule has 0 aromatic heterocycles. The van der Waals surface area contributed by atoms with E-state index in [0.29, 0.717) is 6.42 Å². The third-order valence-electron chi connectivity index (χ3n) is 17.0. The number of esters is 1. The minimum absolute atomic E-state index is 0.0256. The first-order valence-electron chi connectivity index (χ1n) is 32.4. The first-order chi connectivity index (χ1) is 36.0. The molecule has 1 atom stereocenters. The van der Waals surface area contributed by atoms with Crippen LogP contribution in [0.5, 0.6) is 0 Å². The zero-order chi connectivity index (χ0) is 52.0. The molecule has 0 aliphatic heterocycles. The number of hydrogen-bond donors (Lipinski definition) is 1. The van der Waals surface area contributed by atoms with E-state index < -0.39 is 16.4 Å². The predicted octanol–water partition coefficient (Wildman–Crippen LogP) is 21.0. The fourth-order valence-corrected chi connectivity index (χ4v) is 12.1. The number of ketones is 1. The van der Waals surface area contributed by atoms with E-state index in [1.54, 1.807) is 18.2 Å². The predicted molar refractivity (Wildman–Crippen MR) is 311 cm³/mol. The van der Waals surface area contributed by atoms with Gasteiger partial charge in [0, 0.05) is 30.3 Å². The van der Waals surface area contributed by atoms with Crippen LogP contribution in [0.4, 0.5) is 5.69 Å². The normalized spacial score (nSPS) is 22.2. The standard InChI is InChI=1S/C66H116N2O5/c1-2-73-65(70)62(58-60-52-54-61(55-53-60)68(71)72)67-63-59-64(69)66(63)56-50-48-46-44-42-40-38-36-34-32-30-28-26-24-22-20-18-16-14-12-10-8-6-4-3-5-7-9-11-13-15-17-19-21-23-25-27-29-31-33-35-37-39-41-43-45-47-49-51-57-66/h52-55,59,62,67H,2-51,56-58H2,1H3/t62-/m0/s1. The van der Waals surface area contributed by atoms with Gasteiger partial charge in [0.15, 0.2) is 5.78 Å². The molecule has 1 N–H and O–H groups in total. The van der Waals surface area contributed by atoms with E-state index in [-0.39, 0.29) is 24.0 Å². The molecule has 420 valence electrons. The van der Waals surface area contributed by atoms with Crippen molar-refractivity contribution < 1.29 is 19.2 Å². The van der Waals surface area contributed by atoms with Gasteiger partial charge in [-0.1, -0.05) is 327 Å². The number of nitro groups is 1. The van der Waals surface area contributed by atoms with Gasteiger partial charge in [0.2, 0.25) is 0 Å². The molecule has 0 bridgehead atoms. The molecule has 1 spiro atoms. The van der Waals surface area contributed by atoms with Crippen molar-refractivity contribution in [3.05, 3.63) is 51.7 Å². The number of allylic oxidation sites excluding steroid dienone is 2. The van der Waals surface area contributed by atoms with Crippen molar-refractivity contribution in [1.82, 2.24) is 5.32 Å². The maximum atomic E-state index is 13.7. The van der Waals surface area contributed by atoms with Crippen LogP contribution in [0.1, 0.15) is 340 Å². The van der Waals surface area contributed by atoms with E-state index >= 15 is 0 Å². The fraction of sp³-hybridized carbons (Fsp3) is 0.848. The van der Waals surface area contributed by atoms with Crippen molar-refractivity contribution in [2.24, 2.45) is 5.41 Å². The lowest BCUT2D eigenvalue weighted by Gasteiger charge is -2.42. The fourth-order valence-electron chi connectivity index (χ4n) is 12.1. The number of hydrogen-bond acceptors (Lipinski definition) is 6. The number of carbonyl (C=O) groups is 2. The molecule has 2 aliphatic carbocycles. The van der Waals surface area contributed by atoms with Crippen LogP contribution in [0.25, 0.3) is 0 Å². The number of ether oxygens (including phenoxy) is 1. The van der Waals surface area contributed by atoms with Crippen LogP contribution in [0.3, 0.4) is 0 Å². The Hall–Kier alpha value is -2.70. The first-order valence-corrected chi connectivity index (χ1v) is 32.4. The lowest BCUT2D eigenvalue weighted by molar-refractivity contribution is -0.384. The molecule has 2 aliphatic rings. The van der Waals surface area contributed by atoms with Gasteiger partial charge in [0.1, 0.15) is 6.04 Å². The minimum atomic E-state index is -0.671. The molecule has 1 fully saturated rings. The number of carbonyl (C=O) groups excluding carboxylic acids is 2. The number of benzene rings is 1. The second-order valence-corrected chi connectivity index (χ2v) is 23.4. The summed E-state index contributed by atoms with van der Waals surface area (Å²) in [6.45, 7) is 2.07. The van der Waals surface area contributed by atoms with Crippen molar-refractivity contribution in [3.8, 4) is 0 Å². The van der Waals surface area contributed by atoms with E-state index in [0.717, 1.165) is 49.8 Å². The molecule has 0 unspecified atom stereocenters. The van der Waals surface area contributed by atoms with Crippen molar-refractivity contribution in [1.29, 1.82) is 0 Å². The zero-order valence-electron chi connectivity index (χ0n) is 47.9. The quantitative estimate of drug-likeness (QED) is 0.166. The van der Waals surface area contributed by atoms with E-state index in [2.05, 4.69) is 5.32 Å². The highest BCUT2D eigenvalue weighted by Crippen LogP contribution is 2.46. The molecule has 3 rings (SSSR count). The van der Waals surface area contributed by atoms with Gasteiger partial charge < -0.3 is 10.1 Å². The molecule has 0 amide bonds. The second-order valence-electron chi connectivity index (χ2n) is 23.4. The Balaban J connectivity index is 1.39. The van der Waals surface area contributed by atoms with E-state index in [1.807, 2.05) is 6.92 Å². The SMILES string of the molecule is CCOC(=O)[C@H](Cc1ccc([N+](=O)[O-])cc1)NC1=CC(=O)C12CCCCCCCCCCCCCCCCCCCCCCCCCCCCCCCCCCCCCCCCCCCCCCCCCCC2. The molecule has 7 nitrogen and oxygen atoms in total. The van der Waals surface area contributed by atoms with Crippen LogP contribution in [-0.2, 0) is 20.7 Å². The molecule has 73 heavy (non-hydrogen) atoms. The molecule has 7 heteroatoms. The highest BCUT2D eigenvalue weighted by Gasteiger charge is 2.48. The third kappa shape index (κ3) is 32.5. The summed E-state index contributed by atoms with van der Waals surface area (Å²) in [4.78, 5) is 37.9. The molecular formula is C66H116N2O5. The minimum Gasteiger partial charge on any atom is -0.464 e. The van der Waals surface area contributed by atoms with Gasteiger partial charge in [-0.3, -0.25) is 14.9 Å². The Morgan fingerprint density at radius 1 is 0.466 bits per heavy atom. The van der Waals surface area contributed by atoms with E-state index in [1.165, 1.54) is 301 Å². The van der Waals surface area contributed by atoms with E-state index in [9.17, 15) is 19.7 Å². The molecule has 1 saturated carbocycles. The molecule has 1 aromatic carbocycles. The summed E-state index contributed by atoms with van der Waals surface area (Å²) in [5, 5.41) is 14.8. The van der Waals surface area contributed by atoms with E-state index in [4.69, 9.17) is 4.74 Å². The summed E-state index contributed by atoms with van der Waals surface area (Å²) in [5.74, 6) is -0.159. The highest BCUT2D eigenvalue weighted by atomic mass is 16.6. The lowest BCUT2D eigenvalue weighted by Crippen LogP contribution is -2.51. The molecule has 1 aromatic rings. The summed E-state index contributed by atoms with van der Waals surface area (Å²) in [6, 6.07) is 5.72. The van der Waals surface area contributed by atoms with Gasteiger partial charge in [0.25, 0.3) is 5.69 Å². The van der Waals surface area contributed by atoms with Crippen molar-refractivity contribution in [2.45, 2.75) is 347 Å². The summed E-state index contributed by atoms with van der Waals surface area (Å²) in [6.07, 6.45) is 71.4. The van der Waals surface area contributed by atoms with Gasteiger partial charge >= 0.3 is 5.97 Å². The number of non-ortho nitro benzene ring substituents is 1. The Bertz CT molecular complexity index is 1450. The Morgan fingerprint density at radius 3 is 0.932 bits per heavy atom. The van der Waals surface area contributed by atoms with Crippen LogP contribution in [0.15, 0.2) is 36.0 Å². The highest BCUT2D eigenvalue weighted by molar-refractivity contribution is 6.05. The summed E-state index contributed by atoms with van der Waals surface area (Å²) >= 11 is 0. The van der Waals surface area contributed by atoms with Crippen molar-refractivity contribution in [3.63, 3.8) is 0 Å². The topological polar surface area (TPSA) is 98.5 Å². The first kappa shape index (κ1) is 64.6. The molecule has 0 saturated heterocycles. The van der Waals surface area contributed by atoms with Crippen LogP contribution in [0, 0.1) is 15.5 Å². The molecular weight excluding hydrogens is 901 g/mol.